The van der Waals surface area contributed by atoms with Crippen molar-refractivity contribution in [3.05, 3.63) is 29.3 Å². The normalized spacial score (nSPS) is 10.1. The Bertz CT molecular complexity index is 507. The quantitative estimate of drug-likeness (QED) is 0.699. The van der Waals surface area contributed by atoms with Crippen molar-refractivity contribution >= 4 is 27.3 Å². The Morgan fingerprint density at radius 2 is 2.06 bits per heavy atom. The van der Waals surface area contributed by atoms with Gasteiger partial charge in [-0.15, -0.1) is 0 Å². The van der Waals surface area contributed by atoms with Crippen molar-refractivity contribution in [2.45, 2.75) is 26.8 Å². The minimum absolute atomic E-state index is 0. The molecule has 1 aromatic carbocycles. The number of aromatic nitrogens is 1. The Balaban J connectivity index is 0.00000128. The van der Waals surface area contributed by atoms with Crippen molar-refractivity contribution in [2.75, 3.05) is 0 Å². The van der Waals surface area contributed by atoms with E-state index in [0.717, 1.165) is 6.54 Å². The van der Waals surface area contributed by atoms with Crippen LogP contribution in [-0.4, -0.2) is 5.78 Å². The van der Waals surface area contributed by atoms with E-state index in [4.69, 9.17) is 0 Å². The molecule has 0 radical (unpaired) electrons. The van der Waals surface area contributed by atoms with Crippen molar-refractivity contribution in [1.29, 1.82) is 0 Å². The second kappa shape index (κ2) is 5.55. The number of thiazole rings is 1. The highest BCUT2D eigenvalue weighted by molar-refractivity contribution is 7.18. The van der Waals surface area contributed by atoms with E-state index in [1.54, 1.807) is 18.3 Å². The van der Waals surface area contributed by atoms with E-state index >= 15 is 0 Å². The van der Waals surface area contributed by atoms with Gasteiger partial charge in [-0.25, -0.2) is 0 Å². The molecule has 16 heavy (non-hydrogen) atoms. The number of para-hydroxylation sites is 1. The Labute approximate surface area is 110 Å². The van der Waals surface area contributed by atoms with Gasteiger partial charge in [-0.05, 0) is 13.0 Å². The van der Waals surface area contributed by atoms with Gasteiger partial charge < -0.3 is 17.0 Å². The zero-order chi connectivity index (χ0) is 10.8. The third kappa shape index (κ3) is 2.68. The molecule has 2 rings (SSSR count). The molecule has 0 N–H and O–H groups in total. The first kappa shape index (κ1) is 13.3. The average molecular weight is 300 g/mol. The first-order valence-electron chi connectivity index (χ1n) is 5.06. The van der Waals surface area contributed by atoms with Crippen LogP contribution in [0.15, 0.2) is 24.3 Å². The molecule has 0 aliphatic carbocycles. The number of rotatable bonds is 3. The number of carbonyl (C=O) groups is 1. The van der Waals surface area contributed by atoms with Gasteiger partial charge in [-0.3, -0.25) is 4.79 Å². The Kier molecular flexibility index (Phi) is 4.62. The van der Waals surface area contributed by atoms with Crippen LogP contribution in [0.3, 0.4) is 0 Å². The van der Waals surface area contributed by atoms with Crippen LogP contribution >= 0.6 is 11.3 Å². The molecule has 1 aromatic heterocycles. The largest absolute Gasteiger partial charge is 1.00 e. The van der Waals surface area contributed by atoms with Gasteiger partial charge in [-0.1, -0.05) is 23.5 Å². The predicted octanol–water partition coefficient (Wildman–Crippen LogP) is -0.520. The predicted molar refractivity (Wildman–Crippen MR) is 62.1 cm³/mol. The Hall–Kier alpha value is -0.740. The van der Waals surface area contributed by atoms with Crippen molar-refractivity contribution in [3.63, 3.8) is 0 Å². The second-order valence-electron chi connectivity index (χ2n) is 3.69. The van der Waals surface area contributed by atoms with E-state index in [2.05, 4.69) is 23.6 Å². The zero-order valence-corrected chi connectivity index (χ0v) is 11.8. The molecule has 0 saturated carbocycles. The summed E-state index contributed by atoms with van der Waals surface area (Å²) >= 11 is 1.78. The summed E-state index contributed by atoms with van der Waals surface area (Å²) in [7, 11) is 0. The number of hydrogen-bond acceptors (Lipinski definition) is 2. The summed E-state index contributed by atoms with van der Waals surface area (Å²) in [4.78, 5) is 11.0. The summed E-state index contributed by atoms with van der Waals surface area (Å²) < 4.78 is 3.51. The summed E-state index contributed by atoms with van der Waals surface area (Å²) in [6.45, 7) is 4.54. The molecule has 0 saturated heterocycles. The third-order valence-electron chi connectivity index (χ3n) is 2.48. The number of aryl methyl sites for hydroxylation is 2. The molecule has 0 aliphatic rings. The fraction of sp³-hybridized carbons (Fsp3) is 0.333. The molecule has 0 aliphatic heterocycles. The smallest absolute Gasteiger partial charge is 0.235 e. The molecule has 0 spiro atoms. The van der Waals surface area contributed by atoms with Crippen molar-refractivity contribution in [2.24, 2.45) is 0 Å². The highest BCUT2D eigenvalue weighted by atomic mass is 79.9. The topological polar surface area (TPSA) is 20.9 Å². The number of nitrogens with zero attached hydrogens (tertiary/aromatic N) is 1. The maximum Gasteiger partial charge on any atom is 0.235 e. The third-order valence-corrected chi connectivity index (χ3v) is 3.56. The lowest BCUT2D eigenvalue weighted by Crippen LogP contribution is -3.00. The molecule has 0 amide bonds. The summed E-state index contributed by atoms with van der Waals surface area (Å²) in [5, 5.41) is 1.26. The average Bonchev–Trinajstić information content (AvgIpc) is 2.50. The first-order chi connectivity index (χ1) is 7.18. The van der Waals surface area contributed by atoms with Gasteiger partial charge in [0, 0.05) is 13.0 Å². The van der Waals surface area contributed by atoms with Gasteiger partial charge in [0.1, 0.15) is 10.5 Å². The lowest BCUT2D eigenvalue weighted by atomic mass is 10.3. The standard InChI is InChI=1S/C12H14NOS.BrH/c1-9(14)7-8-13-10(2)15-12-6-4-3-5-11(12)13;/h3-6H,7-8H2,1-2H3;1H/q+1;/p-1. The van der Waals surface area contributed by atoms with Crippen LogP contribution in [0.1, 0.15) is 18.4 Å². The molecule has 1 heterocycles. The lowest BCUT2D eigenvalue weighted by molar-refractivity contribution is -0.671. The molecular formula is C12H14BrNOS. The summed E-state index contributed by atoms with van der Waals surface area (Å²) in [5.74, 6) is 0.247. The van der Waals surface area contributed by atoms with Crippen LogP contribution in [0.25, 0.3) is 10.2 Å². The van der Waals surface area contributed by atoms with Gasteiger partial charge in [0.2, 0.25) is 10.5 Å². The summed E-state index contributed by atoms with van der Waals surface area (Å²) in [6, 6.07) is 8.32. The fourth-order valence-corrected chi connectivity index (χ4v) is 2.74. The molecule has 86 valence electrons. The lowest BCUT2D eigenvalue weighted by Gasteiger charge is -1.93. The molecule has 0 bridgehead atoms. The van der Waals surface area contributed by atoms with E-state index in [1.165, 1.54) is 15.2 Å². The van der Waals surface area contributed by atoms with Gasteiger partial charge in [-0.2, -0.15) is 4.57 Å². The summed E-state index contributed by atoms with van der Waals surface area (Å²) in [6.07, 6.45) is 0.617. The molecule has 0 atom stereocenters. The van der Waals surface area contributed by atoms with E-state index in [-0.39, 0.29) is 22.8 Å². The molecule has 2 aromatic rings. The Morgan fingerprint density at radius 1 is 1.38 bits per heavy atom. The van der Waals surface area contributed by atoms with Crippen molar-refractivity contribution in [1.82, 2.24) is 0 Å². The molecule has 0 fully saturated rings. The van der Waals surface area contributed by atoms with Crippen LogP contribution in [0.4, 0.5) is 0 Å². The molecule has 4 heteroatoms. The van der Waals surface area contributed by atoms with E-state index in [1.807, 2.05) is 12.1 Å². The van der Waals surface area contributed by atoms with E-state index < -0.39 is 0 Å². The number of fused-ring (bicyclic) bond motifs is 1. The highest BCUT2D eigenvalue weighted by Gasteiger charge is 2.16. The maximum absolute atomic E-state index is 11.0. The van der Waals surface area contributed by atoms with Crippen molar-refractivity contribution in [3.8, 4) is 0 Å². The number of hydrogen-bond donors (Lipinski definition) is 0. The maximum atomic E-state index is 11.0. The first-order valence-corrected chi connectivity index (χ1v) is 5.87. The SMILES string of the molecule is CC(=O)CC[n+]1c(C)sc2ccccc21.[Br-]. The highest BCUT2D eigenvalue weighted by Crippen LogP contribution is 2.19. The van der Waals surface area contributed by atoms with Crippen LogP contribution in [0.5, 0.6) is 0 Å². The number of halogens is 1. The molecule has 2 nitrogen and oxygen atoms in total. The van der Waals surface area contributed by atoms with Crippen LogP contribution < -0.4 is 21.5 Å². The molecule has 0 unspecified atom stereocenters. The fourth-order valence-electron chi connectivity index (χ4n) is 1.70. The minimum atomic E-state index is 0. The summed E-state index contributed by atoms with van der Waals surface area (Å²) in [5.41, 5.74) is 1.24. The van der Waals surface area contributed by atoms with Gasteiger partial charge >= 0.3 is 0 Å². The van der Waals surface area contributed by atoms with E-state index in [0.29, 0.717) is 6.42 Å². The number of ketones is 1. The monoisotopic (exact) mass is 299 g/mol. The van der Waals surface area contributed by atoms with Crippen LogP contribution in [-0.2, 0) is 11.3 Å². The number of carbonyl (C=O) groups excluding carboxylic acids is 1. The Morgan fingerprint density at radius 3 is 2.75 bits per heavy atom. The van der Waals surface area contributed by atoms with Crippen molar-refractivity contribution < 1.29 is 26.3 Å². The number of benzene rings is 1. The van der Waals surface area contributed by atoms with Gasteiger partial charge in [0.25, 0.3) is 0 Å². The minimum Gasteiger partial charge on any atom is -1.00 e. The number of Topliss-reactive ketones (excluding diaryl/α,β-unsaturated/α-hetero) is 1. The van der Waals surface area contributed by atoms with E-state index in [9.17, 15) is 4.79 Å². The molecular weight excluding hydrogens is 286 g/mol. The van der Waals surface area contributed by atoms with Gasteiger partial charge in [0.15, 0.2) is 6.54 Å². The van der Waals surface area contributed by atoms with Crippen LogP contribution in [0.2, 0.25) is 0 Å². The van der Waals surface area contributed by atoms with Crippen LogP contribution in [0, 0.1) is 6.92 Å². The second-order valence-corrected chi connectivity index (χ2v) is 4.93. The zero-order valence-electron chi connectivity index (χ0n) is 9.37. The van der Waals surface area contributed by atoms with Gasteiger partial charge in [0.05, 0.1) is 6.42 Å².